The molecule has 26 heavy (non-hydrogen) atoms. The van der Waals surface area contributed by atoms with E-state index in [1.54, 1.807) is 0 Å². The zero-order valence-corrected chi connectivity index (χ0v) is 14.0. The molecule has 0 saturated carbocycles. The van der Waals surface area contributed by atoms with E-state index in [0.717, 1.165) is 17.9 Å². The summed E-state index contributed by atoms with van der Waals surface area (Å²) in [6.45, 7) is 1.22. The molecule has 1 heterocycles. The zero-order chi connectivity index (χ0) is 18.5. The fourth-order valence-electron chi connectivity index (χ4n) is 2.63. The lowest BCUT2D eigenvalue weighted by atomic mass is 9.98. The minimum Gasteiger partial charge on any atom is -0.492 e. The van der Waals surface area contributed by atoms with Gasteiger partial charge in [-0.15, -0.1) is 0 Å². The summed E-state index contributed by atoms with van der Waals surface area (Å²) in [6, 6.07) is 12.3. The molecule has 0 unspecified atom stereocenters. The Bertz CT molecular complexity index is 793. The number of hydrogen-bond donors (Lipinski definition) is 1. The van der Waals surface area contributed by atoms with Gasteiger partial charge in [0.2, 0.25) is 5.91 Å². The van der Waals surface area contributed by atoms with Crippen molar-refractivity contribution in [2.45, 2.75) is 0 Å². The van der Waals surface area contributed by atoms with Crippen molar-refractivity contribution in [1.82, 2.24) is 10.2 Å². The Balaban J connectivity index is 1.39. The topological polar surface area (TPSA) is 58.6 Å². The molecular formula is C19H18F2N2O3. The van der Waals surface area contributed by atoms with E-state index in [-0.39, 0.29) is 30.5 Å². The van der Waals surface area contributed by atoms with Crippen molar-refractivity contribution in [2.24, 2.45) is 5.92 Å². The number of halogens is 2. The second-order valence-corrected chi connectivity index (χ2v) is 5.99. The van der Waals surface area contributed by atoms with E-state index in [2.05, 4.69) is 5.32 Å². The van der Waals surface area contributed by atoms with Crippen LogP contribution in [0.15, 0.2) is 48.5 Å². The largest absolute Gasteiger partial charge is 0.492 e. The van der Waals surface area contributed by atoms with Crippen LogP contribution in [-0.4, -0.2) is 43.0 Å². The first-order chi connectivity index (χ1) is 12.5. The predicted octanol–water partition coefficient (Wildman–Crippen LogP) is 2.23. The molecule has 0 aromatic heterocycles. The highest BCUT2D eigenvalue weighted by Gasteiger charge is 2.36. The van der Waals surface area contributed by atoms with E-state index in [4.69, 9.17) is 4.74 Å². The van der Waals surface area contributed by atoms with Crippen LogP contribution in [0.5, 0.6) is 5.75 Å². The normalized spacial score (nSPS) is 13.8. The van der Waals surface area contributed by atoms with Gasteiger partial charge in [-0.05, 0) is 30.3 Å². The highest BCUT2D eigenvalue weighted by atomic mass is 19.2. The Hall–Kier alpha value is -2.96. The molecule has 1 N–H and O–H groups in total. The number of nitrogens with zero attached hydrogens (tertiary/aromatic N) is 1. The third-order valence-electron chi connectivity index (χ3n) is 4.12. The summed E-state index contributed by atoms with van der Waals surface area (Å²) in [4.78, 5) is 25.6. The van der Waals surface area contributed by atoms with Crippen molar-refractivity contribution >= 4 is 11.8 Å². The molecule has 0 aliphatic carbocycles. The highest BCUT2D eigenvalue weighted by molar-refractivity contribution is 5.96. The van der Waals surface area contributed by atoms with Gasteiger partial charge < -0.3 is 15.0 Å². The van der Waals surface area contributed by atoms with E-state index in [9.17, 15) is 18.4 Å². The minimum atomic E-state index is -1.07. The molecule has 1 aliphatic heterocycles. The SMILES string of the molecule is O=C(NCCOc1ccccc1)C1CN(C(=O)c2ccc(F)c(F)c2)C1. The zero-order valence-electron chi connectivity index (χ0n) is 14.0. The van der Waals surface area contributed by atoms with Crippen LogP contribution in [0, 0.1) is 17.6 Å². The van der Waals surface area contributed by atoms with E-state index in [1.807, 2.05) is 30.3 Å². The van der Waals surface area contributed by atoms with Crippen LogP contribution < -0.4 is 10.1 Å². The molecule has 3 rings (SSSR count). The molecule has 0 atom stereocenters. The Labute approximate surface area is 149 Å². The summed E-state index contributed by atoms with van der Waals surface area (Å²) in [5.74, 6) is -2.21. The molecular weight excluding hydrogens is 342 g/mol. The number of benzene rings is 2. The number of likely N-dealkylation sites (tertiary alicyclic amines) is 1. The van der Waals surface area contributed by atoms with E-state index in [0.29, 0.717) is 13.2 Å². The average Bonchev–Trinajstić information content (AvgIpc) is 2.60. The van der Waals surface area contributed by atoms with E-state index >= 15 is 0 Å². The van der Waals surface area contributed by atoms with Crippen LogP contribution in [0.3, 0.4) is 0 Å². The summed E-state index contributed by atoms with van der Waals surface area (Å²) >= 11 is 0. The first kappa shape index (κ1) is 17.8. The number of hydrogen-bond acceptors (Lipinski definition) is 3. The standard InChI is InChI=1S/C19H18F2N2O3/c20-16-7-6-13(10-17(16)21)19(25)23-11-14(12-23)18(24)22-8-9-26-15-4-2-1-3-5-15/h1-7,10,14H,8-9,11-12H2,(H,22,24). The molecule has 136 valence electrons. The molecule has 0 spiro atoms. The van der Waals surface area contributed by atoms with Gasteiger partial charge >= 0.3 is 0 Å². The molecule has 5 nitrogen and oxygen atoms in total. The molecule has 0 radical (unpaired) electrons. The van der Waals surface area contributed by atoms with Crippen LogP contribution in [0.4, 0.5) is 8.78 Å². The van der Waals surface area contributed by atoms with Gasteiger partial charge in [-0.25, -0.2) is 8.78 Å². The molecule has 2 aromatic rings. The van der Waals surface area contributed by atoms with Crippen LogP contribution >= 0.6 is 0 Å². The molecule has 0 bridgehead atoms. The third-order valence-corrected chi connectivity index (χ3v) is 4.12. The Morgan fingerprint density at radius 3 is 2.50 bits per heavy atom. The lowest BCUT2D eigenvalue weighted by Crippen LogP contribution is -2.56. The number of carbonyl (C=O) groups excluding carboxylic acids is 2. The Morgan fingerprint density at radius 1 is 1.08 bits per heavy atom. The molecule has 1 aliphatic rings. The van der Waals surface area contributed by atoms with Crippen molar-refractivity contribution < 1.29 is 23.1 Å². The lowest BCUT2D eigenvalue weighted by molar-refractivity contribution is -0.129. The number of amides is 2. The van der Waals surface area contributed by atoms with Gasteiger partial charge in [-0.1, -0.05) is 18.2 Å². The van der Waals surface area contributed by atoms with E-state index in [1.165, 1.54) is 11.0 Å². The first-order valence-corrected chi connectivity index (χ1v) is 8.24. The third kappa shape index (κ3) is 4.17. The van der Waals surface area contributed by atoms with Crippen molar-refractivity contribution in [2.75, 3.05) is 26.2 Å². The minimum absolute atomic E-state index is 0.0685. The second-order valence-electron chi connectivity index (χ2n) is 5.99. The fraction of sp³-hybridized carbons (Fsp3) is 0.263. The van der Waals surface area contributed by atoms with Crippen molar-refractivity contribution in [1.29, 1.82) is 0 Å². The molecule has 1 fully saturated rings. The van der Waals surface area contributed by atoms with Crippen LogP contribution in [-0.2, 0) is 4.79 Å². The Kier molecular flexibility index (Phi) is 5.46. The maximum Gasteiger partial charge on any atom is 0.254 e. The number of ether oxygens (including phenoxy) is 1. The molecule has 1 saturated heterocycles. The van der Waals surface area contributed by atoms with Gasteiger partial charge in [0.15, 0.2) is 11.6 Å². The maximum atomic E-state index is 13.2. The van der Waals surface area contributed by atoms with Gasteiger partial charge in [0.1, 0.15) is 12.4 Å². The fourth-order valence-corrected chi connectivity index (χ4v) is 2.63. The van der Waals surface area contributed by atoms with Gasteiger partial charge in [0, 0.05) is 18.7 Å². The van der Waals surface area contributed by atoms with E-state index < -0.39 is 17.5 Å². The molecule has 2 amide bonds. The van der Waals surface area contributed by atoms with Crippen molar-refractivity contribution in [3.05, 3.63) is 65.7 Å². The van der Waals surface area contributed by atoms with Crippen LogP contribution in [0.25, 0.3) is 0 Å². The first-order valence-electron chi connectivity index (χ1n) is 8.24. The number of nitrogens with one attached hydrogen (secondary N) is 1. The number of rotatable bonds is 6. The highest BCUT2D eigenvalue weighted by Crippen LogP contribution is 2.20. The molecule has 2 aromatic carbocycles. The van der Waals surface area contributed by atoms with Crippen molar-refractivity contribution in [3.8, 4) is 5.75 Å². The number of para-hydroxylation sites is 1. The van der Waals surface area contributed by atoms with Gasteiger partial charge in [0.25, 0.3) is 5.91 Å². The summed E-state index contributed by atoms with van der Waals surface area (Å²) < 4.78 is 31.6. The number of carbonyl (C=O) groups is 2. The summed E-state index contributed by atoms with van der Waals surface area (Å²) in [6.07, 6.45) is 0. The van der Waals surface area contributed by atoms with Gasteiger partial charge in [0.05, 0.1) is 12.5 Å². The maximum absolute atomic E-state index is 13.2. The van der Waals surface area contributed by atoms with Crippen LogP contribution in [0.1, 0.15) is 10.4 Å². The molecule has 7 heteroatoms. The average molecular weight is 360 g/mol. The quantitative estimate of drug-likeness (QED) is 0.804. The van der Waals surface area contributed by atoms with Crippen molar-refractivity contribution in [3.63, 3.8) is 0 Å². The van der Waals surface area contributed by atoms with Gasteiger partial charge in [-0.2, -0.15) is 0 Å². The summed E-state index contributed by atoms with van der Waals surface area (Å²) in [5.41, 5.74) is 0.0685. The summed E-state index contributed by atoms with van der Waals surface area (Å²) in [5, 5.41) is 2.76. The lowest BCUT2D eigenvalue weighted by Gasteiger charge is -2.38. The summed E-state index contributed by atoms with van der Waals surface area (Å²) in [7, 11) is 0. The van der Waals surface area contributed by atoms with Gasteiger partial charge in [-0.3, -0.25) is 9.59 Å². The second kappa shape index (κ2) is 7.95. The smallest absolute Gasteiger partial charge is 0.254 e. The predicted molar refractivity (Wildman–Crippen MR) is 90.7 cm³/mol. The monoisotopic (exact) mass is 360 g/mol. The van der Waals surface area contributed by atoms with Crippen LogP contribution in [0.2, 0.25) is 0 Å². The Morgan fingerprint density at radius 2 is 1.81 bits per heavy atom.